The van der Waals surface area contributed by atoms with Gasteiger partial charge < -0.3 is 15.2 Å². The van der Waals surface area contributed by atoms with E-state index in [2.05, 4.69) is 34.1 Å². The smallest absolute Gasteiger partial charge is 0.211 e. The van der Waals surface area contributed by atoms with Crippen molar-refractivity contribution in [1.82, 2.24) is 19.7 Å². The predicted octanol–water partition coefficient (Wildman–Crippen LogP) is 4.79. The Morgan fingerprint density at radius 1 is 1.28 bits per heavy atom. The van der Waals surface area contributed by atoms with Crippen molar-refractivity contribution in [2.75, 3.05) is 25.0 Å². The molecule has 2 aromatic heterocycles. The number of anilines is 1. The first kappa shape index (κ1) is 25.6. The van der Waals surface area contributed by atoms with Crippen LogP contribution in [0.5, 0.6) is 0 Å². The van der Waals surface area contributed by atoms with Gasteiger partial charge in [0.25, 0.3) is 0 Å². The van der Waals surface area contributed by atoms with Crippen LogP contribution >= 0.6 is 23.2 Å². The minimum absolute atomic E-state index is 0.0516. The van der Waals surface area contributed by atoms with Gasteiger partial charge in [-0.2, -0.15) is 5.10 Å². The number of aromatic nitrogens is 3. The van der Waals surface area contributed by atoms with E-state index in [0.717, 1.165) is 37.6 Å². The Hall–Kier alpha value is -2.68. The Morgan fingerprint density at radius 3 is 2.56 bits per heavy atom. The Morgan fingerprint density at radius 2 is 1.97 bits per heavy atom. The molecule has 3 rings (SSSR count). The number of amides is 1. The average Bonchev–Trinajstić information content (AvgIpc) is 3.41. The molecule has 0 radical (unpaired) electrons. The molecular weight excluding hydrogens is 456 g/mol. The molecule has 0 aliphatic heterocycles. The van der Waals surface area contributed by atoms with E-state index in [1.807, 2.05) is 10.9 Å². The molecule has 2 N–H and O–H groups in total. The maximum Gasteiger partial charge on any atom is 0.211 e. The number of benzene rings is 1. The minimum atomic E-state index is -0.789. The Bertz CT molecular complexity index is 1050. The number of nitrogens with one attached hydrogen (secondary N) is 2. The normalized spacial score (nSPS) is 10.6. The number of aryl methyl sites for hydroxylation is 1. The summed E-state index contributed by atoms with van der Waals surface area (Å²) in [6.07, 6.45) is 5.65. The van der Waals surface area contributed by atoms with Crippen molar-refractivity contribution in [1.29, 1.82) is 0 Å². The molecule has 0 fully saturated rings. The predicted molar refractivity (Wildman–Crippen MR) is 125 cm³/mol. The lowest BCUT2D eigenvalue weighted by Crippen LogP contribution is -2.27. The lowest BCUT2D eigenvalue weighted by atomic mass is 10.1. The fraction of sp³-hybridized carbons (Fsp3) is 0.318. The van der Waals surface area contributed by atoms with E-state index in [-0.39, 0.29) is 15.6 Å². The van der Waals surface area contributed by atoms with E-state index in [1.54, 1.807) is 19.2 Å². The summed E-state index contributed by atoms with van der Waals surface area (Å²) in [5.74, 6) is -1.28. The van der Waals surface area contributed by atoms with Crippen molar-refractivity contribution >= 4 is 41.1 Å². The molecule has 32 heavy (non-hydrogen) atoms. The molecule has 172 valence electrons. The van der Waals surface area contributed by atoms with Gasteiger partial charge >= 0.3 is 0 Å². The van der Waals surface area contributed by atoms with E-state index in [4.69, 9.17) is 23.2 Å². The number of ketones is 1. The van der Waals surface area contributed by atoms with Crippen LogP contribution in [0.4, 0.5) is 10.1 Å². The average molecular weight is 482 g/mol. The SMILES string of the molecule is CCN(CC)CCn1cc(NC=O)cn1.Cc1cc(C(=O)c2c(Cl)ccc(Cl)c2F)c[nH]1. The van der Waals surface area contributed by atoms with Gasteiger partial charge in [-0.15, -0.1) is 0 Å². The van der Waals surface area contributed by atoms with Crippen LogP contribution in [-0.2, 0) is 11.3 Å². The molecule has 2 heterocycles. The summed E-state index contributed by atoms with van der Waals surface area (Å²) in [7, 11) is 0. The molecule has 10 heteroatoms. The highest BCUT2D eigenvalue weighted by molar-refractivity contribution is 6.37. The molecule has 0 unspecified atom stereocenters. The van der Waals surface area contributed by atoms with Gasteiger partial charge in [0.2, 0.25) is 6.41 Å². The van der Waals surface area contributed by atoms with Crippen molar-refractivity contribution in [3.05, 3.63) is 69.5 Å². The molecular formula is C22H26Cl2FN5O2. The van der Waals surface area contributed by atoms with Gasteiger partial charge in [-0.1, -0.05) is 37.0 Å². The summed E-state index contributed by atoms with van der Waals surface area (Å²) in [4.78, 5) is 27.4. The second-order valence-electron chi connectivity index (χ2n) is 6.90. The van der Waals surface area contributed by atoms with Crippen LogP contribution in [0.15, 0.2) is 36.8 Å². The zero-order chi connectivity index (χ0) is 23.7. The highest BCUT2D eigenvalue weighted by Crippen LogP contribution is 2.27. The highest BCUT2D eigenvalue weighted by Gasteiger charge is 2.20. The third-order valence-corrected chi connectivity index (χ3v) is 5.37. The molecule has 0 aliphatic rings. The molecule has 0 spiro atoms. The summed E-state index contributed by atoms with van der Waals surface area (Å²) < 4.78 is 15.6. The van der Waals surface area contributed by atoms with E-state index >= 15 is 0 Å². The fourth-order valence-electron chi connectivity index (χ4n) is 2.93. The zero-order valence-electron chi connectivity index (χ0n) is 18.2. The van der Waals surface area contributed by atoms with Gasteiger partial charge in [-0.3, -0.25) is 14.3 Å². The van der Waals surface area contributed by atoms with Crippen molar-refractivity contribution in [3.8, 4) is 0 Å². The Kier molecular flexibility index (Phi) is 9.90. The van der Waals surface area contributed by atoms with Crippen molar-refractivity contribution in [3.63, 3.8) is 0 Å². The quantitative estimate of drug-likeness (QED) is 0.261. The molecule has 0 bridgehead atoms. The number of H-pyrrole nitrogens is 1. The van der Waals surface area contributed by atoms with Gasteiger partial charge in [-0.05, 0) is 38.2 Å². The monoisotopic (exact) mass is 481 g/mol. The number of hydrogen-bond donors (Lipinski definition) is 2. The summed E-state index contributed by atoms with van der Waals surface area (Å²) >= 11 is 11.5. The number of carbonyl (C=O) groups excluding carboxylic acids is 2. The van der Waals surface area contributed by atoms with Crippen molar-refractivity contribution in [2.24, 2.45) is 0 Å². The van der Waals surface area contributed by atoms with Crippen LogP contribution in [0.2, 0.25) is 10.0 Å². The van der Waals surface area contributed by atoms with E-state index in [0.29, 0.717) is 12.0 Å². The second-order valence-corrected chi connectivity index (χ2v) is 7.71. The number of nitrogens with zero attached hydrogens (tertiary/aromatic N) is 3. The number of rotatable bonds is 9. The van der Waals surface area contributed by atoms with Crippen LogP contribution in [-0.4, -0.2) is 51.5 Å². The first-order valence-electron chi connectivity index (χ1n) is 10.1. The van der Waals surface area contributed by atoms with Crippen molar-refractivity contribution < 1.29 is 14.0 Å². The molecule has 3 aromatic rings. The molecule has 7 nitrogen and oxygen atoms in total. The number of likely N-dealkylation sites (N-methyl/N-ethyl adjacent to an activating group) is 1. The van der Waals surface area contributed by atoms with E-state index in [1.165, 1.54) is 18.3 Å². The molecule has 0 aliphatic carbocycles. The second kappa shape index (κ2) is 12.4. The summed E-state index contributed by atoms with van der Waals surface area (Å²) in [6.45, 7) is 10.0. The minimum Gasteiger partial charge on any atom is -0.364 e. The van der Waals surface area contributed by atoms with Gasteiger partial charge in [0.15, 0.2) is 11.6 Å². The maximum atomic E-state index is 13.8. The molecule has 1 amide bonds. The number of aromatic amines is 1. The van der Waals surface area contributed by atoms with Crippen LogP contribution < -0.4 is 5.32 Å². The lowest BCUT2D eigenvalue weighted by Gasteiger charge is -2.17. The van der Waals surface area contributed by atoms with Gasteiger partial charge in [0, 0.05) is 30.2 Å². The lowest BCUT2D eigenvalue weighted by molar-refractivity contribution is -0.105. The zero-order valence-corrected chi connectivity index (χ0v) is 19.7. The van der Waals surface area contributed by atoms with Gasteiger partial charge in [-0.25, -0.2) is 4.39 Å². The standard InChI is InChI=1S/C12H8Cl2FNO.C10H18N4O/c1-6-4-7(5-16-6)12(17)10-8(13)2-3-9(14)11(10)15;1-3-13(4-2)5-6-14-8-10(7-12-14)11-9-15/h2-5,16H,1H3;7-9H,3-6H2,1-2H3,(H,11,15). The number of halogens is 3. The third kappa shape index (κ3) is 6.91. The first-order valence-corrected chi connectivity index (χ1v) is 10.8. The number of hydrogen-bond acceptors (Lipinski definition) is 4. The molecule has 0 atom stereocenters. The van der Waals surface area contributed by atoms with E-state index < -0.39 is 11.6 Å². The Labute approximate surface area is 196 Å². The van der Waals surface area contributed by atoms with Gasteiger partial charge in [0.05, 0.1) is 34.0 Å². The molecule has 0 saturated heterocycles. The number of carbonyl (C=O) groups is 2. The van der Waals surface area contributed by atoms with Crippen LogP contribution in [0, 0.1) is 12.7 Å². The molecule has 1 aromatic carbocycles. The summed E-state index contributed by atoms with van der Waals surface area (Å²) in [6, 6.07) is 4.34. The third-order valence-electron chi connectivity index (χ3n) is 4.76. The summed E-state index contributed by atoms with van der Waals surface area (Å²) in [5, 5.41) is 6.64. The fourth-order valence-corrected chi connectivity index (χ4v) is 3.32. The summed E-state index contributed by atoms with van der Waals surface area (Å²) in [5.41, 5.74) is 1.71. The van der Waals surface area contributed by atoms with Crippen LogP contribution in [0.1, 0.15) is 35.5 Å². The Balaban J connectivity index is 0.000000229. The van der Waals surface area contributed by atoms with Crippen molar-refractivity contribution in [2.45, 2.75) is 27.3 Å². The first-order chi connectivity index (χ1) is 15.3. The molecule has 0 saturated carbocycles. The topological polar surface area (TPSA) is 83.0 Å². The maximum absolute atomic E-state index is 13.8. The van der Waals surface area contributed by atoms with Crippen LogP contribution in [0.25, 0.3) is 0 Å². The highest BCUT2D eigenvalue weighted by atomic mass is 35.5. The van der Waals surface area contributed by atoms with Gasteiger partial charge in [0.1, 0.15) is 0 Å². The van der Waals surface area contributed by atoms with Crippen LogP contribution in [0.3, 0.4) is 0 Å². The van der Waals surface area contributed by atoms with E-state index in [9.17, 15) is 14.0 Å². The largest absolute Gasteiger partial charge is 0.364 e.